The average Bonchev–Trinajstić information content (AvgIpc) is 1.82. The van der Waals surface area contributed by atoms with Crippen LogP contribution in [0.3, 0.4) is 0 Å². The van der Waals surface area contributed by atoms with Gasteiger partial charge < -0.3 is 4.90 Å². The summed E-state index contributed by atoms with van der Waals surface area (Å²) in [6, 6.07) is 0.551. The SMILES string of the molecule is CC[C]C(CC)N(C)C. The molecule has 0 N–H and O–H groups in total. The molecule has 0 aromatic heterocycles. The molecule has 1 nitrogen and oxygen atoms in total. The molecule has 0 saturated carbocycles. The molecule has 1 atom stereocenters. The minimum absolute atomic E-state index is 0.551. The Bertz CT molecular complexity index is 59.6. The maximum atomic E-state index is 3.36. The Balaban J connectivity index is 3.41. The Morgan fingerprint density at radius 2 is 1.89 bits per heavy atom. The molecular formula is C8H17N. The molecule has 0 spiro atoms. The summed E-state index contributed by atoms with van der Waals surface area (Å²) >= 11 is 0. The minimum atomic E-state index is 0.551. The van der Waals surface area contributed by atoms with Gasteiger partial charge in [0.2, 0.25) is 0 Å². The van der Waals surface area contributed by atoms with Crippen molar-refractivity contribution in [1.82, 2.24) is 4.90 Å². The Morgan fingerprint density at radius 3 is 2.00 bits per heavy atom. The van der Waals surface area contributed by atoms with E-state index in [9.17, 15) is 0 Å². The second kappa shape index (κ2) is 4.80. The summed E-state index contributed by atoms with van der Waals surface area (Å²) in [5.41, 5.74) is 0. The van der Waals surface area contributed by atoms with Crippen LogP contribution in [0.5, 0.6) is 0 Å². The lowest BCUT2D eigenvalue weighted by atomic mass is 10.1. The van der Waals surface area contributed by atoms with Gasteiger partial charge in [0.15, 0.2) is 0 Å². The number of nitrogens with zero attached hydrogens (tertiary/aromatic N) is 1. The highest BCUT2D eigenvalue weighted by molar-refractivity contribution is 4.79. The molecule has 0 fully saturated rings. The molecule has 2 radical (unpaired) electrons. The lowest BCUT2D eigenvalue weighted by Gasteiger charge is -2.20. The van der Waals surface area contributed by atoms with E-state index < -0.39 is 0 Å². The van der Waals surface area contributed by atoms with Crippen LogP contribution >= 0.6 is 0 Å². The fraction of sp³-hybridized carbons (Fsp3) is 0.875. The molecule has 0 aromatic carbocycles. The van der Waals surface area contributed by atoms with Crippen LogP contribution in [0.15, 0.2) is 0 Å². The summed E-state index contributed by atoms with van der Waals surface area (Å²) in [5, 5.41) is 0. The summed E-state index contributed by atoms with van der Waals surface area (Å²) in [6.07, 6.45) is 5.58. The van der Waals surface area contributed by atoms with Crippen LogP contribution in [0.25, 0.3) is 0 Å². The number of hydrogen-bond acceptors (Lipinski definition) is 1. The van der Waals surface area contributed by atoms with E-state index in [1.54, 1.807) is 0 Å². The molecule has 0 aliphatic rings. The smallest absolute Gasteiger partial charge is 0.0155 e. The van der Waals surface area contributed by atoms with Gasteiger partial charge in [0.25, 0.3) is 0 Å². The van der Waals surface area contributed by atoms with Crippen molar-refractivity contribution in [2.45, 2.75) is 32.7 Å². The van der Waals surface area contributed by atoms with E-state index in [4.69, 9.17) is 0 Å². The van der Waals surface area contributed by atoms with E-state index in [0.717, 1.165) is 6.42 Å². The summed E-state index contributed by atoms with van der Waals surface area (Å²) in [4.78, 5) is 2.20. The number of hydrogen-bond donors (Lipinski definition) is 0. The third kappa shape index (κ3) is 3.52. The Morgan fingerprint density at radius 1 is 1.33 bits per heavy atom. The van der Waals surface area contributed by atoms with Crippen molar-refractivity contribution in [2.75, 3.05) is 14.1 Å². The first-order valence-corrected chi connectivity index (χ1v) is 3.62. The molecule has 0 rings (SSSR count). The predicted molar refractivity (Wildman–Crippen MR) is 41.3 cm³/mol. The van der Waals surface area contributed by atoms with Crippen molar-refractivity contribution >= 4 is 0 Å². The molecule has 0 bridgehead atoms. The molecule has 0 aliphatic heterocycles. The molecule has 0 saturated heterocycles. The van der Waals surface area contributed by atoms with Crippen LogP contribution in [0.4, 0.5) is 0 Å². The topological polar surface area (TPSA) is 3.24 Å². The highest BCUT2D eigenvalue weighted by Gasteiger charge is 2.06. The molecule has 0 aliphatic carbocycles. The van der Waals surface area contributed by atoms with Gasteiger partial charge in [0.1, 0.15) is 0 Å². The van der Waals surface area contributed by atoms with Gasteiger partial charge in [0.05, 0.1) is 0 Å². The van der Waals surface area contributed by atoms with Crippen molar-refractivity contribution in [1.29, 1.82) is 0 Å². The quantitative estimate of drug-likeness (QED) is 0.557. The Kier molecular flexibility index (Phi) is 4.78. The lowest BCUT2D eigenvalue weighted by Crippen LogP contribution is -2.27. The van der Waals surface area contributed by atoms with Gasteiger partial charge >= 0.3 is 0 Å². The zero-order chi connectivity index (χ0) is 7.28. The van der Waals surface area contributed by atoms with Crippen LogP contribution in [0, 0.1) is 6.42 Å². The average molecular weight is 127 g/mol. The van der Waals surface area contributed by atoms with Gasteiger partial charge in [-0.15, -0.1) is 0 Å². The molecular weight excluding hydrogens is 110 g/mol. The highest BCUT2D eigenvalue weighted by Crippen LogP contribution is 2.04. The maximum absolute atomic E-state index is 3.36. The van der Waals surface area contributed by atoms with Crippen LogP contribution in [0.2, 0.25) is 0 Å². The molecule has 1 heteroatoms. The first kappa shape index (κ1) is 8.96. The first-order chi connectivity index (χ1) is 4.22. The largest absolute Gasteiger partial charge is 0.306 e. The maximum Gasteiger partial charge on any atom is 0.0155 e. The summed E-state index contributed by atoms with van der Waals surface area (Å²) in [6.45, 7) is 4.32. The van der Waals surface area contributed by atoms with Gasteiger partial charge in [-0.05, 0) is 26.9 Å². The molecule has 0 heterocycles. The fourth-order valence-electron chi connectivity index (χ4n) is 0.928. The van der Waals surface area contributed by atoms with Crippen molar-refractivity contribution in [2.24, 2.45) is 0 Å². The summed E-state index contributed by atoms with van der Waals surface area (Å²) < 4.78 is 0. The zero-order valence-corrected chi connectivity index (χ0v) is 6.94. The fourth-order valence-corrected chi connectivity index (χ4v) is 0.928. The van der Waals surface area contributed by atoms with E-state index >= 15 is 0 Å². The van der Waals surface area contributed by atoms with Crippen LogP contribution in [-0.2, 0) is 0 Å². The zero-order valence-electron chi connectivity index (χ0n) is 6.94. The molecule has 1 unspecified atom stereocenters. The molecule has 9 heavy (non-hydrogen) atoms. The minimum Gasteiger partial charge on any atom is -0.306 e. The monoisotopic (exact) mass is 127 g/mol. The second-order valence-corrected chi connectivity index (χ2v) is 2.45. The Labute approximate surface area is 59.1 Å². The second-order valence-electron chi connectivity index (χ2n) is 2.45. The molecule has 0 aromatic rings. The van der Waals surface area contributed by atoms with E-state index in [2.05, 4.69) is 39.3 Å². The van der Waals surface area contributed by atoms with Gasteiger partial charge in [-0.25, -0.2) is 0 Å². The molecule has 0 amide bonds. The van der Waals surface area contributed by atoms with E-state index in [-0.39, 0.29) is 0 Å². The van der Waals surface area contributed by atoms with Crippen LogP contribution in [0.1, 0.15) is 26.7 Å². The lowest BCUT2D eigenvalue weighted by molar-refractivity contribution is 0.314. The van der Waals surface area contributed by atoms with Gasteiger partial charge in [-0.3, -0.25) is 0 Å². The standard InChI is InChI=1S/C8H17N/c1-5-7-8(6-2)9(3)4/h8H,5-6H2,1-4H3. The predicted octanol–water partition coefficient (Wildman–Crippen LogP) is 1.82. The van der Waals surface area contributed by atoms with Crippen molar-refractivity contribution < 1.29 is 0 Å². The van der Waals surface area contributed by atoms with Gasteiger partial charge in [0, 0.05) is 12.5 Å². The van der Waals surface area contributed by atoms with E-state index in [1.165, 1.54) is 6.42 Å². The summed E-state index contributed by atoms with van der Waals surface area (Å²) in [5.74, 6) is 0. The highest BCUT2D eigenvalue weighted by atomic mass is 15.1. The van der Waals surface area contributed by atoms with Crippen molar-refractivity contribution in [3.63, 3.8) is 0 Å². The first-order valence-electron chi connectivity index (χ1n) is 3.62. The third-order valence-corrected chi connectivity index (χ3v) is 1.45. The normalized spacial score (nSPS) is 14.3. The van der Waals surface area contributed by atoms with Gasteiger partial charge in [-0.1, -0.05) is 13.8 Å². The van der Waals surface area contributed by atoms with E-state index in [1.807, 2.05) is 0 Å². The third-order valence-electron chi connectivity index (χ3n) is 1.45. The Hall–Kier alpha value is -0.0400. The summed E-state index contributed by atoms with van der Waals surface area (Å²) in [7, 11) is 4.19. The van der Waals surface area contributed by atoms with Crippen LogP contribution in [-0.4, -0.2) is 25.0 Å². The van der Waals surface area contributed by atoms with Gasteiger partial charge in [-0.2, -0.15) is 0 Å². The van der Waals surface area contributed by atoms with Crippen molar-refractivity contribution in [3.05, 3.63) is 6.42 Å². The van der Waals surface area contributed by atoms with E-state index in [0.29, 0.717) is 6.04 Å². The van der Waals surface area contributed by atoms with Crippen LogP contribution < -0.4 is 0 Å². The van der Waals surface area contributed by atoms with Crippen molar-refractivity contribution in [3.8, 4) is 0 Å². The molecule has 54 valence electrons. The number of rotatable bonds is 4.